The van der Waals surface area contributed by atoms with Crippen LogP contribution < -0.4 is 0 Å². The summed E-state index contributed by atoms with van der Waals surface area (Å²) in [5.74, 6) is 1.01. The van der Waals surface area contributed by atoms with Crippen LogP contribution in [0, 0.1) is 17.3 Å². The van der Waals surface area contributed by atoms with Gasteiger partial charge < -0.3 is 4.74 Å². The predicted octanol–water partition coefficient (Wildman–Crippen LogP) is 5.30. The van der Waals surface area contributed by atoms with Gasteiger partial charge in [-0.05, 0) is 43.5 Å². The van der Waals surface area contributed by atoms with Crippen LogP contribution in [0.1, 0.15) is 45.6 Å². The SMILES string of the molecule is C/C=C/C[C@@]12COC(=S)[C@@H]1[C@@](C)(c1ccccc1)C(CC)C2. The van der Waals surface area contributed by atoms with Crippen molar-refractivity contribution in [2.75, 3.05) is 6.61 Å². The Balaban J connectivity index is 2.10. The first-order valence-electron chi connectivity index (χ1n) is 8.42. The van der Waals surface area contributed by atoms with Crippen molar-refractivity contribution in [3.05, 3.63) is 48.0 Å². The summed E-state index contributed by atoms with van der Waals surface area (Å²) in [6, 6.07) is 10.9. The van der Waals surface area contributed by atoms with Gasteiger partial charge in [0.05, 0.1) is 6.61 Å². The molecule has 118 valence electrons. The second-order valence-corrected chi connectivity index (χ2v) is 7.54. The molecule has 1 aliphatic carbocycles. The highest BCUT2D eigenvalue weighted by molar-refractivity contribution is 7.80. The molecule has 1 nitrogen and oxygen atoms in total. The fourth-order valence-electron chi connectivity index (χ4n) is 5.01. The Morgan fingerprint density at radius 3 is 2.68 bits per heavy atom. The minimum atomic E-state index is 0.0885. The summed E-state index contributed by atoms with van der Waals surface area (Å²) in [6.45, 7) is 7.63. The minimum Gasteiger partial charge on any atom is -0.486 e. The maximum absolute atomic E-state index is 5.93. The van der Waals surface area contributed by atoms with E-state index in [-0.39, 0.29) is 10.8 Å². The number of thiocarbonyl (C=S) groups is 1. The highest BCUT2D eigenvalue weighted by Crippen LogP contribution is 2.64. The molecule has 4 atom stereocenters. The molecule has 3 rings (SSSR count). The van der Waals surface area contributed by atoms with Crippen LogP contribution in [0.15, 0.2) is 42.5 Å². The van der Waals surface area contributed by atoms with Crippen molar-refractivity contribution in [2.24, 2.45) is 17.3 Å². The lowest BCUT2D eigenvalue weighted by atomic mass is 9.65. The zero-order chi connectivity index (χ0) is 15.8. The number of ether oxygens (including phenoxy) is 1. The minimum absolute atomic E-state index is 0.0885. The van der Waals surface area contributed by atoms with Crippen LogP contribution in [0.3, 0.4) is 0 Å². The molecule has 2 aliphatic rings. The van der Waals surface area contributed by atoms with Crippen molar-refractivity contribution in [2.45, 2.75) is 45.4 Å². The van der Waals surface area contributed by atoms with Crippen molar-refractivity contribution < 1.29 is 4.74 Å². The first kappa shape index (κ1) is 15.7. The molecule has 0 amide bonds. The number of fused-ring (bicyclic) bond motifs is 1. The fraction of sp³-hybridized carbons (Fsp3) is 0.550. The lowest BCUT2D eigenvalue weighted by molar-refractivity contribution is 0.183. The highest BCUT2D eigenvalue weighted by Gasteiger charge is 2.64. The van der Waals surface area contributed by atoms with Crippen molar-refractivity contribution >= 4 is 17.3 Å². The molecule has 1 saturated heterocycles. The fourth-order valence-corrected chi connectivity index (χ4v) is 5.56. The van der Waals surface area contributed by atoms with E-state index in [0.717, 1.165) is 18.1 Å². The Morgan fingerprint density at radius 2 is 2.05 bits per heavy atom. The van der Waals surface area contributed by atoms with Gasteiger partial charge in [0.15, 0.2) is 5.05 Å². The molecule has 0 aromatic heterocycles. The largest absolute Gasteiger partial charge is 0.486 e. The molecule has 1 unspecified atom stereocenters. The Morgan fingerprint density at radius 1 is 1.32 bits per heavy atom. The van der Waals surface area contributed by atoms with Gasteiger partial charge in [0.1, 0.15) is 0 Å². The molecule has 1 aliphatic heterocycles. The van der Waals surface area contributed by atoms with E-state index >= 15 is 0 Å². The standard InChI is InChI=1S/C20H26OS/c1-4-6-12-20-13-15(5-2)19(3,16-10-8-7-9-11-16)17(20)18(22)21-14-20/h4,6-11,15,17H,5,12-14H2,1-3H3/b6-4+/t15?,17-,19-,20-/m1/s1. The third kappa shape index (κ3) is 2.15. The van der Waals surface area contributed by atoms with E-state index in [1.54, 1.807) is 0 Å². The van der Waals surface area contributed by atoms with Gasteiger partial charge in [-0.3, -0.25) is 0 Å². The highest BCUT2D eigenvalue weighted by atomic mass is 32.1. The van der Waals surface area contributed by atoms with Crippen molar-refractivity contribution in [3.8, 4) is 0 Å². The normalized spacial score (nSPS) is 37.5. The lowest BCUT2D eigenvalue weighted by Gasteiger charge is -2.37. The monoisotopic (exact) mass is 314 g/mol. The van der Waals surface area contributed by atoms with Crippen LogP contribution in [-0.2, 0) is 10.2 Å². The average molecular weight is 314 g/mol. The van der Waals surface area contributed by atoms with E-state index in [4.69, 9.17) is 17.0 Å². The molecule has 0 radical (unpaired) electrons. The Hall–Kier alpha value is -1.15. The summed E-state index contributed by atoms with van der Waals surface area (Å²) in [6.07, 6.45) is 7.94. The second kappa shape index (κ2) is 5.81. The molecule has 2 fully saturated rings. The van der Waals surface area contributed by atoms with Crippen LogP contribution in [0.5, 0.6) is 0 Å². The Kier molecular flexibility index (Phi) is 4.15. The van der Waals surface area contributed by atoms with Crippen LogP contribution in [0.25, 0.3) is 0 Å². The van der Waals surface area contributed by atoms with E-state index in [1.165, 1.54) is 18.4 Å². The van der Waals surface area contributed by atoms with Crippen LogP contribution >= 0.6 is 12.2 Å². The molecular formula is C20H26OS. The molecule has 1 saturated carbocycles. The number of allylic oxidation sites excluding steroid dienone is 2. The maximum atomic E-state index is 5.93. The zero-order valence-electron chi connectivity index (χ0n) is 13.8. The third-order valence-electron chi connectivity index (χ3n) is 6.10. The summed E-state index contributed by atoms with van der Waals surface area (Å²) in [5.41, 5.74) is 1.70. The first-order valence-corrected chi connectivity index (χ1v) is 8.82. The van der Waals surface area contributed by atoms with Gasteiger partial charge >= 0.3 is 0 Å². The second-order valence-electron chi connectivity index (χ2n) is 7.13. The molecule has 22 heavy (non-hydrogen) atoms. The summed E-state index contributed by atoms with van der Waals surface area (Å²) in [7, 11) is 0. The van der Waals surface area contributed by atoms with Gasteiger partial charge in [-0.1, -0.05) is 62.8 Å². The smallest absolute Gasteiger partial charge is 0.164 e. The van der Waals surface area contributed by atoms with Crippen LogP contribution in [0.4, 0.5) is 0 Å². The van der Waals surface area contributed by atoms with E-state index in [9.17, 15) is 0 Å². The molecule has 2 heteroatoms. The van der Waals surface area contributed by atoms with Crippen LogP contribution in [0.2, 0.25) is 0 Å². The van der Waals surface area contributed by atoms with Gasteiger partial charge in [-0.15, -0.1) is 0 Å². The van der Waals surface area contributed by atoms with Gasteiger partial charge in [-0.2, -0.15) is 0 Å². The quantitative estimate of drug-likeness (QED) is 0.551. The van der Waals surface area contributed by atoms with E-state index < -0.39 is 0 Å². The predicted molar refractivity (Wildman–Crippen MR) is 96.1 cm³/mol. The maximum Gasteiger partial charge on any atom is 0.164 e. The average Bonchev–Trinajstić information content (AvgIpc) is 3.01. The van der Waals surface area contributed by atoms with Gasteiger partial charge in [0, 0.05) is 16.7 Å². The first-order chi connectivity index (χ1) is 10.6. The van der Waals surface area contributed by atoms with Gasteiger partial charge in [0.25, 0.3) is 0 Å². The molecular weight excluding hydrogens is 288 g/mol. The molecule has 0 bridgehead atoms. The summed E-state index contributed by atoms with van der Waals surface area (Å²) in [4.78, 5) is 0. The Bertz CT molecular complexity index is 579. The number of hydrogen-bond acceptors (Lipinski definition) is 2. The molecule has 1 aromatic rings. The summed E-state index contributed by atoms with van der Waals surface area (Å²) >= 11 is 5.68. The molecule has 1 aromatic carbocycles. The van der Waals surface area contributed by atoms with E-state index in [2.05, 4.69) is 63.3 Å². The van der Waals surface area contributed by atoms with Crippen molar-refractivity contribution in [1.29, 1.82) is 0 Å². The van der Waals surface area contributed by atoms with Gasteiger partial charge in [0.2, 0.25) is 0 Å². The summed E-state index contributed by atoms with van der Waals surface area (Å²) in [5, 5.41) is 0.840. The zero-order valence-corrected chi connectivity index (χ0v) is 14.7. The number of hydrogen-bond donors (Lipinski definition) is 0. The number of rotatable bonds is 4. The molecule has 0 N–H and O–H groups in total. The van der Waals surface area contributed by atoms with Crippen molar-refractivity contribution in [1.82, 2.24) is 0 Å². The van der Waals surface area contributed by atoms with Crippen LogP contribution in [-0.4, -0.2) is 11.7 Å². The van der Waals surface area contributed by atoms with Gasteiger partial charge in [-0.25, -0.2) is 0 Å². The third-order valence-corrected chi connectivity index (χ3v) is 6.45. The molecule has 1 heterocycles. The molecule has 0 spiro atoms. The number of benzene rings is 1. The summed E-state index contributed by atoms with van der Waals surface area (Å²) < 4.78 is 5.93. The topological polar surface area (TPSA) is 9.23 Å². The Labute approximate surface area is 139 Å². The van der Waals surface area contributed by atoms with E-state index in [1.807, 2.05) is 0 Å². The lowest BCUT2D eigenvalue weighted by Crippen LogP contribution is -2.39. The van der Waals surface area contributed by atoms with E-state index in [0.29, 0.717) is 11.8 Å². The van der Waals surface area contributed by atoms with Crippen molar-refractivity contribution in [3.63, 3.8) is 0 Å².